The molecule has 17 heavy (non-hydrogen) atoms. The van der Waals surface area contributed by atoms with Gasteiger partial charge in [-0.1, -0.05) is 20.8 Å². The third-order valence-corrected chi connectivity index (χ3v) is 3.12. The Kier molecular flexibility index (Phi) is 5.40. The lowest BCUT2D eigenvalue weighted by molar-refractivity contribution is -0.132. The molecule has 0 aromatic carbocycles. The molecule has 1 N–H and O–H groups in total. The lowest BCUT2D eigenvalue weighted by atomic mass is 9.92. The lowest BCUT2D eigenvalue weighted by Gasteiger charge is -2.30. The molecule has 1 heterocycles. The predicted octanol–water partition coefficient (Wildman–Crippen LogP) is 0.786. The molecule has 4 heteroatoms. The summed E-state index contributed by atoms with van der Waals surface area (Å²) in [5.41, 5.74) is 0.340. The minimum Gasteiger partial charge on any atom is -0.339 e. The van der Waals surface area contributed by atoms with Gasteiger partial charge in [-0.25, -0.2) is 0 Å². The average Bonchev–Trinajstić information content (AvgIpc) is 2.27. The van der Waals surface area contributed by atoms with Gasteiger partial charge in [-0.3, -0.25) is 9.69 Å². The second-order valence-corrected chi connectivity index (χ2v) is 6.18. The van der Waals surface area contributed by atoms with Crippen LogP contribution in [0.25, 0.3) is 0 Å². The maximum Gasteiger partial charge on any atom is 0.236 e. The van der Waals surface area contributed by atoms with E-state index in [0.29, 0.717) is 12.0 Å². The van der Waals surface area contributed by atoms with Gasteiger partial charge in [0, 0.05) is 26.2 Å². The van der Waals surface area contributed by atoms with Crippen LogP contribution < -0.4 is 5.32 Å². The van der Waals surface area contributed by atoms with Crippen molar-refractivity contribution >= 4 is 5.91 Å². The van der Waals surface area contributed by atoms with Crippen molar-refractivity contribution in [2.75, 3.05) is 46.3 Å². The zero-order valence-electron chi connectivity index (χ0n) is 11.8. The Morgan fingerprint density at radius 3 is 2.41 bits per heavy atom. The second-order valence-electron chi connectivity index (χ2n) is 6.18. The van der Waals surface area contributed by atoms with Crippen molar-refractivity contribution in [1.29, 1.82) is 0 Å². The van der Waals surface area contributed by atoms with E-state index in [9.17, 15) is 4.79 Å². The van der Waals surface area contributed by atoms with Crippen molar-refractivity contribution in [2.24, 2.45) is 5.41 Å². The van der Waals surface area contributed by atoms with Crippen LogP contribution in [0.4, 0.5) is 0 Å². The molecule has 0 aromatic rings. The summed E-state index contributed by atoms with van der Waals surface area (Å²) in [6.45, 7) is 11.8. The van der Waals surface area contributed by atoms with E-state index in [1.807, 2.05) is 11.9 Å². The van der Waals surface area contributed by atoms with Crippen LogP contribution in [0.5, 0.6) is 0 Å². The Hall–Kier alpha value is -0.610. The molecule has 0 radical (unpaired) electrons. The van der Waals surface area contributed by atoms with Gasteiger partial charge in [0.2, 0.25) is 5.91 Å². The van der Waals surface area contributed by atoms with Gasteiger partial charge in [0.15, 0.2) is 0 Å². The highest BCUT2D eigenvalue weighted by Crippen LogP contribution is 2.18. The Labute approximate surface area is 105 Å². The first-order valence-corrected chi connectivity index (χ1v) is 6.55. The molecule has 1 saturated heterocycles. The number of carbonyl (C=O) groups excluding carboxylic acids is 1. The Balaban J connectivity index is 2.25. The number of hydrogen-bond donors (Lipinski definition) is 1. The van der Waals surface area contributed by atoms with Crippen LogP contribution in [0.15, 0.2) is 0 Å². The van der Waals surface area contributed by atoms with Crippen LogP contribution in [0.2, 0.25) is 0 Å². The van der Waals surface area contributed by atoms with E-state index in [1.54, 1.807) is 0 Å². The van der Waals surface area contributed by atoms with Crippen molar-refractivity contribution < 1.29 is 4.79 Å². The van der Waals surface area contributed by atoms with E-state index in [2.05, 4.69) is 31.0 Å². The van der Waals surface area contributed by atoms with Crippen LogP contribution in [-0.2, 0) is 4.79 Å². The van der Waals surface area contributed by atoms with Crippen molar-refractivity contribution in [2.45, 2.75) is 27.2 Å². The van der Waals surface area contributed by atoms with Gasteiger partial charge in [-0.15, -0.1) is 0 Å². The molecule has 100 valence electrons. The highest BCUT2D eigenvalue weighted by Gasteiger charge is 2.18. The van der Waals surface area contributed by atoms with Crippen LogP contribution in [0.1, 0.15) is 27.2 Å². The van der Waals surface area contributed by atoms with Gasteiger partial charge in [0.1, 0.15) is 0 Å². The smallest absolute Gasteiger partial charge is 0.236 e. The number of rotatable bonds is 4. The first-order valence-electron chi connectivity index (χ1n) is 6.55. The number of likely N-dealkylation sites (N-methyl/N-ethyl adjacent to an activating group) is 1. The summed E-state index contributed by atoms with van der Waals surface area (Å²) in [7, 11) is 2.03. The highest BCUT2D eigenvalue weighted by atomic mass is 16.2. The minimum absolute atomic E-state index is 0.267. The third-order valence-electron chi connectivity index (χ3n) is 3.12. The molecular weight excluding hydrogens is 214 g/mol. The Morgan fingerprint density at radius 1 is 1.29 bits per heavy atom. The van der Waals surface area contributed by atoms with E-state index in [-0.39, 0.29) is 5.91 Å². The van der Waals surface area contributed by atoms with Crippen molar-refractivity contribution in [3.8, 4) is 0 Å². The quantitative estimate of drug-likeness (QED) is 0.790. The zero-order valence-corrected chi connectivity index (χ0v) is 11.8. The van der Waals surface area contributed by atoms with Gasteiger partial charge < -0.3 is 10.2 Å². The summed E-state index contributed by atoms with van der Waals surface area (Å²) in [5.74, 6) is 0.267. The largest absolute Gasteiger partial charge is 0.339 e. The molecule has 0 atom stereocenters. The summed E-state index contributed by atoms with van der Waals surface area (Å²) in [6.07, 6.45) is 1.12. The van der Waals surface area contributed by atoms with Crippen LogP contribution in [0, 0.1) is 5.41 Å². The van der Waals surface area contributed by atoms with Gasteiger partial charge in [-0.2, -0.15) is 0 Å². The fourth-order valence-corrected chi connectivity index (χ4v) is 1.85. The van der Waals surface area contributed by atoms with E-state index < -0.39 is 0 Å². The zero-order chi connectivity index (χ0) is 12.9. The number of hydrogen-bond acceptors (Lipinski definition) is 3. The molecule has 0 spiro atoms. The first kappa shape index (κ1) is 14.5. The summed E-state index contributed by atoms with van der Waals surface area (Å²) < 4.78 is 0. The molecular formula is C13H27N3O. The molecule has 1 fully saturated rings. The molecule has 1 aliphatic heterocycles. The average molecular weight is 241 g/mol. The van der Waals surface area contributed by atoms with E-state index in [1.165, 1.54) is 0 Å². The summed E-state index contributed by atoms with van der Waals surface area (Å²) >= 11 is 0. The van der Waals surface area contributed by atoms with Crippen LogP contribution >= 0.6 is 0 Å². The summed E-state index contributed by atoms with van der Waals surface area (Å²) in [5, 5.41) is 3.26. The molecule has 0 saturated carbocycles. The van der Waals surface area contributed by atoms with Gasteiger partial charge in [0.25, 0.3) is 0 Å². The topological polar surface area (TPSA) is 35.6 Å². The number of carbonyl (C=O) groups is 1. The van der Waals surface area contributed by atoms with Crippen molar-refractivity contribution in [3.63, 3.8) is 0 Å². The van der Waals surface area contributed by atoms with Crippen LogP contribution in [0.3, 0.4) is 0 Å². The molecule has 0 aromatic heterocycles. The van der Waals surface area contributed by atoms with Crippen molar-refractivity contribution in [1.82, 2.24) is 15.1 Å². The number of nitrogens with one attached hydrogen (secondary N) is 1. The maximum absolute atomic E-state index is 12.0. The van der Waals surface area contributed by atoms with Crippen LogP contribution in [-0.4, -0.2) is 62.0 Å². The monoisotopic (exact) mass is 241 g/mol. The standard InChI is InChI=1S/C13H27N3O/c1-13(2,3)5-8-15(4)11-12(17)16-9-6-14-7-10-16/h14H,5-11H2,1-4H3. The fraction of sp³-hybridized carbons (Fsp3) is 0.923. The molecule has 4 nitrogen and oxygen atoms in total. The van der Waals surface area contributed by atoms with Gasteiger partial charge in [0.05, 0.1) is 6.54 Å². The molecule has 0 bridgehead atoms. The highest BCUT2D eigenvalue weighted by molar-refractivity contribution is 5.78. The number of piperazine rings is 1. The molecule has 1 amide bonds. The molecule has 0 unspecified atom stereocenters. The van der Waals surface area contributed by atoms with Crippen molar-refractivity contribution in [3.05, 3.63) is 0 Å². The molecule has 0 aliphatic carbocycles. The van der Waals surface area contributed by atoms with E-state index >= 15 is 0 Å². The van der Waals surface area contributed by atoms with E-state index in [4.69, 9.17) is 0 Å². The summed E-state index contributed by atoms with van der Waals surface area (Å²) in [6, 6.07) is 0. The van der Waals surface area contributed by atoms with Gasteiger partial charge >= 0.3 is 0 Å². The molecule has 1 rings (SSSR count). The third kappa shape index (κ3) is 6.03. The predicted molar refractivity (Wildman–Crippen MR) is 71.0 cm³/mol. The normalized spacial score (nSPS) is 17.6. The Bertz CT molecular complexity index is 242. The first-order chi connectivity index (χ1) is 7.88. The number of amides is 1. The second kappa shape index (κ2) is 6.36. The van der Waals surface area contributed by atoms with Gasteiger partial charge in [-0.05, 0) is 25.4 Å². The maximum atomic E-state index is 12.0. The van der Waals surface area contributed by atoms with E-state index in [0.717, 1.165) is 39.1 Å². The number of nitrogens with zero attached hydrogens (tertiary/aromatic N) is 2. The SMILES string of the molecule is CN(CCC(C)(C)C)CC(=O)N1CCNCC1. The Morgan fingerprint density at radius 2 is 1.88 bits per heavy atom. The fourth-order valence-electron chi connectivity index (χ4n) is 1.85. The summed E-state index contributed by atoms with van der Waals surface area (Å²) in [4.78, 5) is 16.1. The lowest BCUT2D eigenvalue weighted by Crippen LogP contribution is -2.49. The molecule has 1 aliphatic rings. The minimum atomic E-state index is 0.267.